The van der Waals surface area contributed by atoms with Crippen LogP contribution >= 0.6 is 0 Å². The summed E-state index contributed by atoms with van der Waals surface area (Å²) in [6.45, 7) is 0. The van der Waals surface area contributed by atoms with E-state index in [1.807, 2.05) is 0 Å². The number of alkyl halides is 4. The van der Waals surface area contributed by atoms with E-state index >= 15 is 0 Å². The van der Waals surface area contributed by atoms with Gasteiger partial charge in [-0.05, 0) is 12.1 Å². The molecule has 26 heavy (non-hydrogen) atoms. The second kappa shape index (κ2) is 6.33. The van der Waals surface area contributed by atoms with Gasteiger partial charge in [-0.2, -0.15) is 23.5 Å². The zero-order valence-electron chi connectivity index (χ0n) is 13.2. The van der Waals surface area contributed by atoms with Crippen LogP contribution in [0, 0.1) is 11.5 Å². The zero-order chi connectivity index (χ0) is 18.9. The Kier molecular flexibility index (Phi) is 4.31. The normalized spacial score (nSPS) is 22.2. The highest BCUT2D eigenvalue weighted by Gasteiger charge is 2.51. The number of H-pyrrole nitrogens is 1. The summed E-state index contributed by atoms with van der Waals surface area (Å²) in [5.41, 5.74) is -2.14. The number of hydrogen-bond donors (Lipinski definition) is 3. The minimum Gasteiger partial charge on any atom is -0.321 e. The van der Waals surface area contributed by atoms with Crippen LogP contribution in [0.4, 0.5) is 23.4 Å². The lowest BCUT2D eigenvalue weighted by atomic mass is 9.76. The molecule has 1 aromatic heterocycles. The quantitative estimate of drug-likeness (QED) is 0.440. The number of rotatable bonds is 4. The summed E-state index contributed by atoms with van der Waals surface area (Å²) < 4.78 is 52.1. The number of amides is 1. The lowest BCUT2D eigenvalue weighted by molar-refractivity contribution is -0.137. The van der Waals surface area contributed by atoms with Crippen molar-refractivity contribution in [2.24, 2.45) is 0 Å². The molecule has 0 aliphatic heterocycles. The van der Waals surface area contributed by atoms with E-state index in [4.69, 9.17) is 5.26 Å². The molecule has 1 saturated carbocycles. The molecule has 1 aromatic carbocycles. The molecule has 3 rings (SSSR count). The molecule has 1 heterocycles. The number of hydrogen-bond acceptors (Lipinski definition) is 4. The van der Waals surface area contributed by atoms with Gasteiger partial charge < -0.3 is 10.6 Å². The largest absolute Gasteiger partial charge is 0.416 e. The third-order valence-electron chi connectivity index (χ3n) is 4.15. The first-order chi connectivity index (χ1) is 12.2. The number of carbonyl (C=O) groups excluding carboxylic acids is 1. The predicted molar refractivity (Wildman–Crippen MR) is 83.3 cm³/mol. The van der Waals surface area contributed by atoms with Gasteiger partial charge >= 0.3 is 6.18 Å². The third-order valence-corrected chi connectivity index (χ3v) is 4.15. The van der Waals surface area contributed by atoms with Crippen molar-refractivity contribution in [3.8, 4) is 17.5 Å². The molecule has 1 aliphatic carbocycles. The first kappa shape index (κ1) is 17.7. The first-order valence-corrected chi connectivity index (χ1v) is 7.59. The van der Waals surface area contributed by atoms with Gasteiger partial charge in [0.25, 0.3) is 5.91 Å². The summed E-state index contributed by atoms with van der Waals surface area (Å²) in [5, 5.41) is 19.6. The maximum absolute atomic E-state index is 14.3. The van der Waals surface area contributed by atoms with E-state index in [-0.39, 0.29) is 24.7 Å². The maximum atomic E-state index is 14.3. The molecular formula is C16H13F4N5O. The van der Waals surface area contributed by atoms with Crippen molar-refractivity contribution in [3.05, 3.63) is 35.9 Å². The van der Waals surface area contributed by atoms with Gasteiger partial charge in [-0.3, -0.25) is 9.89 Å². The number of benzene rings is 1. The number of nitrogens with one attached hydrogen (secondary N) is 3. The maximum Gasteiger partial charge on any atom is 0.416 e. The lowest BCUT2D eigenvalue weighted by Crippen LogP contribution is -2.56. The SMILES string of the molecule is N#CN[C@H]1C[C@](F)(C(=O)Nc2cc(-c3ccc(C(F)(F)F)cc3)n[nH]2)C1. The van der Waals surface area contributed by atoms with Gasteiger partial charge in [0.05, 0.1) is 11.3 Å². The van der Waals surface area contributed by atoms with Crippen LogP contribution in [0.1, 0.15) is 18.4 Å². The molecule has 0 atom stereocenters. The molecule has 1 amide bonds. The van der Waals surface area contributed by atoms with Crippen molar-refractivity contribution in [2.75, 3.05) is 5.32 Å². The summed E-state index contributed by atoms with van der Waals surface area (Å²) in [7, 11) is 0. The number of aromatic nitrogens is 2. The Labute approximate surface area is 145 Å². The van der Waals surface area contributed by atoms with E-state index in [0.717, 1.165) is 12.1 Å². The van der Waals surface area contributed by atoms with E-state index in [0.29, 0.717) is 11.3 Å². The minimum atomic E-state index is -4.43. The zero-order valence-corrected chi connectivity index (χ0v) is 13.2. The number of nitriles is 1. The monoisotopic (exact) mass is 367 g/mol. The smallest absolute Gasteiger partial charge is 0.321 e. The second-order valence-corrected chi connectivity index (χ2v) is 6.02. The summed E-state index contributed by atoms with van der Waals surface area (Å²) >= 11 is 0. The fourth-order valence-electron chi connectivity index (χ4n) is 2.70. The van der Waals surface area contributed by atoms with E-state index < -0.39 is 23.3 Å². The Morgan fingerprint density at radius 3 is 2.54 bits per heavy atom. The van der Waals surface area contributed by atoms with Crippen LogP contribution in [-0.2, 0) is 11.0 Å². The standard InChI is InChI=1S/C16H13F4N5O/c17-15(6-11(7-15)22-8-21)14(26)23-13-5-12(24-25-13)9-1-3-10(4-2-9)16(18,19)20/h1-5,11,22H,6-7H2,(H2,23,24,25,26)/t11-,15+. The van der Waals surface area contributed by atoms with E-state index in [2.05, 4.69) is 20.8 Å². The average Bonchev–Trinajstić information content (AvgIpc) is 3.01. The van der Waals surface area contributed by atoms with E-state index in [1.54, 1.807) is 6.19 Å². The summed E-state index contributed by atoms with van der Waals surface area (Å²) in [6, 6.07) is 5.38. The minimum absolute atomic E-state index is 0.119. The first-order valence-electron chi connectivity index (χ1n) is 7.59. The van der Waals surface area contributed by atoms with Gasteiger partial charge in [-0.25, -0.2) is 4.39 Å². The van der Waals surface area contributed by atoms with Crippen LogP contribution in [0.25, 0.3) is 11.3 Å². The van der Waals surface area contributed by atoms with Gasteiger partial charge in [0.2, 0.25) is 0 Å². The van der Waals surface area contributed by atoms with Gasteiger partial charge in [0, 0.05) is 30.5 Å². The number of halogens is 4. The summed E-state index contributed by atoms with van der Waals surface area (Å²) in [4.78, 5) is 12.0. The average molecular weight is 367 g/mol. The molecule has 10 heteroatoms. The molecule has 3 N–H and O–H groups in total. The van der Waals surface area contributed by atoms with E-state index in [1.165, 1.54) is 18.2 Å². The molecule has 0 bridgehead atoms. The predicted octanol–water partition coefficient (Wildman–Crippen LogP) is 2.98. The van der Waals surface area contributed by atoms with Crippen molar-refractivity contribution < 1.29 is 22.4 Å². The molecule has 0 unspecified atom stereocenters. The lowest BCUT2D eigenvalue weighted by Gasteiger charge is -2.38. The Hall–Kier alpha value is -3.09. The van der Waals surface area contributed by atoms with Crippen molar-refractivity contribution in [1.29, 1.82) is 5.26 Å². The van der Waals surface area contributed by atoms with Crippen molar-refractivity contribution >= 4 is 11.7 Å². The molecule has 1 aliphatic rings. The Bertz CT molecular complexity index is 847. The fraction of sp³-hybridized carbons (Fsp3) is 0.312. The van der Waals surface area contributed by atoms with Crippen molar-refractivity contribution in [3.63, 3.8) is 0 Å². The highest BCUT2D eigenvalue weighted by Crippen LogP contribution is 2.37. The summed E-state index contributed by atoms with van der Waals surface area (Å²) in [6.07, 6.45) is -2.97. The molecule has 6 nitrogen and oxygen atoms in total. The van der Waals surface area contributed by atoms with Crippen LogP contribution in [0.3, 0.4) is 0 Å². The van der Waals surface area contributed by atoms with Crippen molar-refractivity contribution in [2.45, 2.75) is 30.7 Å². The second-order valence-electron chi connectivity index (χ2n) is 6.02. The van der Waals surface area contributed by atoms with Crippen LogP contribution in [0.2, 0.25) is 0 Å². The molecule has 1 fully saturated rings. The van der Waals surface area contributed by atoms with Crippen molar-refractivity contribution in [1.82, 2.24) is 15.5 Å². The van der Waals surface area contributed by atoms with E-state index in [9.17, 15) is 22.4 Å². The number of aromatic amines is 1. The molecule has 136 valence electrons. The number of carbonyl (C=O) groups is 1. The molecule has 0 saturated heterocycles. The molecule has 0 radical (unpaired) electrons. The number of anilines is 1. The summed E-state index contributed by atoms with van der Waals surface area (Å²) in [5.74, 6) is -0.741. The van der Waals surface area contributed by atoms with Crippen LogP contribution in [-0.4, -0.2) is 27.8 Å². The molecule has 2 aromatic rings. The number of nitrogens with zero attached hydrogens (tertiary/aromatic N) is 2. The van der Waals surface area contributed by atoms with Crippen LogP contribution in [0.5, 0.6) is 0 Å². The third kappa shape index (κ3) is 3.46. The fourth-order valence-corrected chi connectivity index (χ4v) is 2.70. The molecule has 0 spiro atoms. The van der Waals surface area contributed by atoms with Gasteiger partial charge in [-0.15, -0.1) is 0 Å². The topological polar surface area (TPSA) is 93.6 Å². The van der Waals surface area contributed by atoms with Gasteiger partial charge in [0.1, 0.15) is 5.82 Å². The van der Waals surface area contributed by atoms with Gasteiger partial charge in [-0.1, -0.05) is 12.1 Å². The highest BCUT2D eigenvalue weighted by molar-refractivity contribution is 5.97. The Balaban J connectivity index is 1.65. The highest BCUT2D eigenvalue weighted by atomic mass is 19.4. The Morgan fingerprint density at radius 1 is 1.31 bits per heavy atom. The van der Waals surface area contributed by atoms with Crippen LogP contribution in [0.15, 0.2) is 30.3 Å². The Morgan fingerprint density at radius 2 is 1.96 bits per heavy atom. The van der Waals surface area contributed by atoms with Gasteiger partial charge in [0.15, 0.2) is 11.9 Å². The van der Waals surface area contributed by atoms with Crippen LogP contribution < -0.4 is 10.6 Å². The molecular weight excluding hydrogens is 354 g/mol.